The number of amides is 1. The van der Waals surface area contributed by atoms with Crippen LogP contribution in [0.1, 0.15) is 24.2 Å². The molecule has 2 unspecified atom stereocenters. The Morgan fingerprint density at radius 1 is 1.24 bits per heavy atom. The standard InChI is InChI=1S/C19H25N5O4S/c1-13-10-24(11-14(2)28-13)29(26,27)16-7-5-6-15(8-16)19(25)22-17-9-20-12-21-18(17)23(3)4/h5-9,12-14H,10-11H2,1-4H3,(H,22,25). The van der Waals surface area contributed by atoms with Crippen molar-refractivity contribution in [3.8, 4) is 0 Å². The molecule has 1 aliphatic heterocycles. The minimum Gasteiger partial charge on any atom is -0.373 e. The summed E-state index contributed by atoms with van der Waals surface area (Å²) in [4.78, 5) is 22.6. The van der Waals surface area contributed by atoms with Crippen LogP contribution in [0.5, 0.6) is 0 Å². The lowest BCUT2D eigenvalue weighted by atomic mass is 10.2. The van der Waals surface area contributed by atoms with Crippen LogP contribution < -0.4 is 10.2 Å². The van der Waals surface area contributed by atoms with Crippen molar-refractivity contribution in [2.75, 3.05) is 37.4 Å². The highest BCUT2D eigenvalue weighted by Gasteiger charge is 2.32. The lowest BCUT2D eigenvalue weighted by molar-refractivity contribution is -0.0440. The van der Waals surface area contributed by atoms with Gasteiger partial charge in [-0.05, 0) is 32.0 Å². The second kappa shape index (κ2) is 8.44. The number of nitrogens with one attached hydrogen (secondary N) is 1. The molecule has 2 atom stereocenters. The van der Waals surface area contributed by atoms with Gasteiger partial charge in [0, 0.05) is 32.7 Å². The van der Waals surface area contributed by atoms with E-state index in [1.165, 1.54) is 29.0 Å². The lowest BCUT2D eigenvalue weighted by Crippen LogP contribution is -2.48. The van der Waals surface area contributed by atoms with Crippen molar-refractivity contribution >= 4 is 27.4 Å². The molecule has 2 heterocycles. The fourth-order valence-electron chi connectivity index (χ4n) is 3.24. The van der Waals surface area contributed by atoms with E-state index in [1.54, 1.807) is 31.1 Å². The Kier molecular flexibility index (Phi) is 6.15. The molecule has 1 aromatic carbocycles. The maximum Gasteiger partial charge on any atom is 0.255 e. The summed E-state index contributed by atoms with van der Waals surface area (Å²) in [5.41, 5.74) is 0.667. The Balaban J connectivity index is 1.85. The number of anilines is 2. The van der Waals surface area contributed by atoms with Crippen LogP contribution in [-0.4, -0.2) is 68.0 Å². The van der Waals surface area contributed by atoms with E-state index in [2.05, 4.69) is 15.3 Å². The van der Waals surface area contributed by atoms with Gasteiger partial charge in [-0.25, -0.2) is 18.4 Å². The fraction of sp³-hybridized carbons (Fsp3) is 0.421. The van der Waals surface area contributed by atoms with Crippen molar-refractivity contribution < 1.29 is 17.9 Å². The van der Waals surface area contributed by atoms with Gasteiger partial charge >= 0.3 is 0 Å². The molecule has 1 fully saturated rings. The molecular weight excluding hydrogens is 394 g/mol. The summed E-state index contributed by atoms with van der Waals surface area (Å²) < 4.78 is 33.2. The van der Waals surface area contributed by atoms with E-state index in [4.69, 9.17) is 4.74 Å². The van der Waals surface area contributed by atoms with E-state index in [1.807, 2.05) is 13.8 Å². The summed E-state index contributed by atoms with van der Waals surface area (Å²) >= 11 is 0. The minimum absolute atomic E-state index is 0.0728. The summed E-state index contributed by atoms with van der Waals surface area (Å²) in [7, 11) is -0.136. The zero-order valence-electron chi connectivity index (χ0n) is 16.9. The molecule has 0 aliphatic carbocycles. The normalized spacial score (nSPS) is 20.3. The van der Waals surface area contributed by atoms with Gasteiger partial charge in [0.2, 0.25) is 10.0 Å². The number of sulfonamides is 1. The summed E-state index contributed by atoms with van der Waals surface area (Å²) in [5.74, 6) is 0.108. The largest absolute Gasteiger partial charge is 0.373 e. The molecular formula is C19H25N5O4S. The summed E-state index contributed by atoms with van der Waals surface area (Å²) in [6.45, 7) is 4.23. The zero-order chi connectivity index (χ0) is 21.2. The first-order valence-corrected chi connectivity index (χ1v) is 10.7. The average molecular weight is 420 g/mol. The molecule has 0 bridgehead atoms. The summed E-state index contributed by atoms with van der Waals surface area (Å²) in [6, 6.07) is 6.00. The number of ether oxygens (including phenoxy) is 1. The van der Waals surface area contributed by atoms with Crippen LogP contribution in [0.25, 0.3) is 0 Å². The lowest BCUT2D eigenvalue weighted by Gasteiger charge is -2.34. The van der Waals surface area contributed by atoms with Crippen LogP contribution >= 0.6 is 0 Å². The number of benzene rings is 1. The van der Waals surface area contributed by atoms with Crippen molar-refractivity contribution in [2.24, 2.45) is 0 Å². The highest BCUT2D eigenvalue weighted by atomic mass is 32.2. The Labute approximate surface area is 170 Å². The van der Waals surface area contributed by atoms with Gasteiger partial charge in [0.15, 0.2) is 5.82 Å². The Bertz CT molecular complexity index is 986. The highest BCUT2D eigenvalue weighted by Crippen LogP contribution is 2.23. The van der Waals surface area contributed by atoms with Crippen LogP contribution in [0, 0.1) is 0 Å². The maximum atomic E-state index is 13.1. The van der Waals surface area contributed by atoms with Gasteiger partial charge in [-0.15, -0.1) is 0 Å². The van der Waals surface area contributed by atoms with E-state index >= 15 is 0 Å². The third-order valence-electron chi connectivity index (χ3n) is 4.48. The van der Waals surface area contributed by atoms with E-state index < -0.39 is 15.9 Å². The Hall–Kier alpha value is -2.56. The zero-order valence-corrected chi connectivity index (χ0v) is 17.7. The summed E-state index contributed by atoms with van der Waals surface area (Å²) in [5, 5.41) is 2.75. The van der Waals surface area contributed by atoms with Crippen molar-refractivity contribution in [3.63, 3.8) is 0 Å². The number of hydrogen-bond acceptors (Lipinski definition) is 7. The van der Waals surface area contributed by atoms with E-state index in [0.29, 0.717) is 11.5 Å². The molecule has 2 aromatic rings. The number of morpholine rings is 1. The molecule has 0 spiro atoms. The molecule has 0 saturated carbocycles. The van der Waals surface area contributed by atoms with Crippen LogP contribution in [-0.2, 0) is 14.8 Å². The van der Waals surface area contributed by atoms with Crippen LogP contribution in [0.4, 0.5) is 11.5 Å². The second-order valence-electron chi connectivity index (χ2n) is 7.22. The highest BCUT2D eigenvalue weighted by molar-refractivity contribution is 7.89. The SMILES string of the molecule is CC1CN(S(=O)(=O)c2cccc(C(=O)Nc3cncnc3N(C)C)c2)CC(C)O1. The maximum absolute atomic E-state index is 13.1. The van der Waals surface area contributed by atoms with Crippen molar-refractivity contribution in [1.29, 1.82) is 0 Å². The number of carbonyl (C=O) groups excluding carboxylic acids is 1. The quantitative estimate of drug-likeness (QED) is 0.785. The van der Waals surface area contributed by atoms with E-state index in [0.717, 1.165) is 0 Å². The number of rotatable bonds is 5. The van der Waals surface area contributed by atoms with Crippen LogP contribution in [0.3, 0.4) is 0 Å². The minimum atomic E-state index is -3.74. The van der Waals surface area contributed by atoms with E-state index in [-0.39, 0.29) is 35.8 Å². The first-order valence-electron chi connectivity index (χ1n) is 9.23. The van der Waals surface area contributed by atoms with Gasteiger partial charge in [0.05, 0.1) is 23.3 Å². The summed E-state index contributed by atoms with van der Waals surface area (Å²) in [6.07, 6.45) is 2.50. The third kappa shape index (κ3) is 4.72. The van der Waals surface area contributed by atoms with Gasteiger partial charge < -0.3 is 15.0 Å². The fourth-order valence-corrected chi connectivity index (χ4v) is 4.87. The van der Waals surface area contributed by atoms with Crippen LogP contribution in [0.2, 0.25) is 0 Å². The first-order chi connectivity index (χ1) is 13.7. The molecule has 29 heavy (non-hydrogen) atoms. The predicted octanol–water partition coefficient (Wildman–Crippen LogP) is 1.59. The third-order valence-corrected chi connectivity index (χ3v) is 6.31. The molecule has 1 N–H and O–H groups in total. The number of aromatic nitrogens is 2. The van der Waals surface area contributed by atoms with Crippen LogP contribution in [0.15, 0.2) is 41.7 Å². The molecule has 10 heteroatoms. The van der Waals surface area contributed by atoms with Crippen molar-refractivity contribution in [2.45, 2.75) is 31.0 Å². The van der Waals surface area contributed by atoms with Gasteiger partial charge in [-0.3, -0.25) is 4.79 Å². The second-order valence-corrected chi connectivity index (χ2v) is 9.15. The van der Waals surface area contributed by atoms with Gasteiger partial charge in [-0.1, -0.05) is 6.07 Å². The molecule has 156 valence electrons. The molecule has 1 saturated heterocycles. The predicted molar refractivity (Wildman–Crippen MR) is 110 cm³/mol. The van der Waals surface area contributed by atoms with Crippen molar-refractivity contribution in [1.82, 2.24) is 14.3 Å². The average Bonchev–Trinajstić information content (AvgIpc) is 2.67. The molecule has 9 nitrogen and oxygen atoms in total. The molecule has 1 aliphatic rings. The smallest absolute Gasteiger partial charge is 0.255 e. The molecule has 3 rings (SSSR count). The topological polar surface area (TPSA) is 105 Å². The van der Waals surface area contributed by atoms with Gasteiger partial charge in [-0.2, -0.15) is 4.31 Å². The van der Waals surface area contributed by atoms with Crippen molar-refractivity contribution in [3.05, 3.63) is 42.4 Å². The number of carbonyl (C=O) groups is 1. The molecule has 1 amide bonds. The first kappa shape index (κ1) is 21.2. The Morgan fingerprint density at radius 3 is 2.59 bits per heavy atom. The van der Waals surface area contributed by atoms with Gasteiger partial charge in [0.25, 0.3) is 5.91 Å². The monoisotopic (exact) mass is 419 g/mol. The Morgan fingerprint density at radius 2 is 1.93 bits per heavy atom. The number of hydrogen-bond donors (Lipinski definition) is 1. The number of nitrogens with zero attached hydrogens (tertiary/aromatic N) is 4. The van der Waals surface area contributed by atoms with Gasteiger partial charge in [0.1, 0.15) is 12.0 Å². The molecule has 0 radical (unpaired) electrons. The molecule has 1 aromatic heterocycles. The van der Waals surface area contributed by atoms with E-state index in [9.17, 15) is 13.2 Å².